The number of carbonyl (C=O) groups excluding carboxylic acids is 1. The Hall–Kier alpha value is -1.47. The minimum absolute atomic E-state index is 0.0756. The fourth-order valence-electron chi connectivity index (χ4n) is 3.60. The van der Waals surface area contributed by atoms with Crippen molar-refractivity contribution in [3.8, 4) is 0 Å². The van der Waals surface area contributed by atoms with Gasteiger partial charge in [-0.3, -0.25) is 4.55 Å². The Kier molecular flexibility index (Phi) is 7.17. The summed E-state index contributed by atoms with van der Waals surface area (Å²) in [6, 6.07) is -3.04. The Morgan fingerprint density at radius 3 is 2.50 bits per heavy atom. The number of aliphatic carboxylic acids is 1. The Balaban J connectivity index is 1.96. The van der Waals surface area contributed by atoms with Gasteiger partial charge in [-0.05, 0) is 32.2 Å². The quantitative estimate of drug-likeness (QED) is 0.338. The predicted molar refractivity (Wildman–Crippen MR) is 92.9 cm³/mol. The lowest BCUT2D eigenvalue weighted by atomic mass is 10.1. The fourth-order valence-corrected chi connectivity index (χ4v) is 4.23. The molecule has 11 nitrogen and oxygen atoms in total. The Morgan fingerprint density at radius 2 is 1.88 bits per heavy atom. The van der Waals surface area contributed by atoms with Gasteiger partial charge in [0.05, 0.1) is 6.04 Å². The number of carboxylic acids is 1. The topological polar surface area (TPSA) is 165 Å². The average Bonchev–Trinajstić information content (AvgIpc) is 2.81. The van der Waals surface area contributed by atoms with Crippen molar-refractivity contribution in [2.24, 2.45) is 5.73 Å². The number of amides is 2. The molecular weight excluding hydrogens is 366 g/mol. The molecule has 2 fully saturated rings. The monoisotopic (exact) mass is 393 g/mol. The maximum absolute atomic E-state index is 12.5. The van der Waals surface area contributed by atoms with E-state index in [2.05, 4.69) is 10.2 Å². The third-order valence-electron chi connectivity index (χ3n) is 4.81. The van der Waals surface area contributed by atoms with Gasteiger partial charge in [-0.1, -0.05) is 0 Å². The van der Waals surface area contributed by atoms with E-state index in [0.29, 0.717) is 6.54 Å². The Bertz CT molecular complexity index is 615. The van der Waals surface area contributed by atoms with Gasteiger partial charge in [0.15, 0.2) is 0 Å². The molecule has 26 heavy (non-hydrogen) atoms. The van der Waals surface area contributed by atoms with Crippen LogP contribution in [0.15, 0.2) is 0 Å². The molecule has 0 unspecified atom stereocenters. The van der Waals surface area contributed by atoms with Crippen LogP contribution < -0.4 is 15.8 Å². The van der Waals surface area contributed by atoms with E-state index in [0.717, 1.165) is 43.8 Å². The van der Waals surface area contributed by atoms with E-state index >= 15 is 0 Å². The number of likely N-dealkylation sites (tertiary alicyclic amines) is 2. The van der Waals surface area contributed by atoms with Gasteiger partial charge in [0.2, 0.25) is 0 Å². The highest BCUT2D eigenvalue weighted by atomic mass is 32.2. The van der Waals surface area contributed by atoms with Gasteiger partial charge in [0.25, 0.3) is 0 Å². The molecular formula is C14H27N5O6S. The molecule has 2 rings (SSSR count). The Morgan fingerprint density at radius 1 is 1.15 bits per heavy atom. The van der Waals surface area contributed by atoms with Gasteiger partial charge in [0, 0.05) is 32.2 Å². The van der Waals surface area contributed by atoms with E-state index in [1.54, 1.807) is 0 Å². The summed E-state index contributed by atoms with van der Waals surface area (Å²) >= 11 is 0. The maximum atomic E-state index is 12.5. The smallest absolute Gasteiger partial charge is 0.333 e. The number of nitrogens with one attached hydrogen (secondary N) is 2. The van der Waals surface area contributed by atoms with E-state index in [4.69, 9.17) is 10.3 Å². The van der Waals surface area contributed by atoms with Crippen LogP contribution in [0.3, 0.4) is 0 Å². The number of hydrogen-bond donors (Lipinski definition) is 5. The maximum Gasteiger partial charge on any atom is 0.333 e. The molecule has 2 amide bonds. The van der Waals surface area contributed by atoms with Crippen LogP contribution in [0, 0.1) is 0 Å². The van der Waals surface area contributed by atoms with Crippen molar-refractivity contribution in [2.45, 2.75) is 43.8 Å². The zero-order valence-electron chi connectivity index (χ0n) is 14.5. The zero-order valence-corrected chi connectivity index (χ0v) is 15.3. The molecule has 6 N–H and O–H groups in total. The summed E-state index contributed by atoms with van der Waals surface area (Å²) in [6.45, 7) is 3.18. The van der Waals surface area contributed by atoms with Crippen LogP contribution in [0.1, 0.15) is 25.7 Å². The standard InChI is InChI=1S/C14H27N5O6S/c15-5-9-18-6-1-2-10(3-7-18)16-14(22)19-8-4-11(12(19)13(20)21)17-26(23,24)25/h10-12,17H,1-9,15H2,(H,16,22)(H,20,21)(H,23,24,25)/t10-,11+,12-/m0/s1. The molecule has 150 valence electrons. The van der Waals surface area contributed by atoms with E-state index in [9.17, 15) is 23.1 Å². The second kappa shape index (κ2) is 8.95. The first kappa shape index (κ1) is 20.8. The highest BCUT2D eigenvalue weighted by molar-refractivity contribution is 7.83. The molecule has 12 heteroatoms. The number of carboxylic acid groups (broad SMARTS) is 1. The molecule has 0 saturated carbocycles. The van der Waals surface area contributed by atoms with Gasteiger partial charge in [-0.25, -0.2) is 9.59 Å². The van der Waals surface area contributed by atoms with Gasteiger partial charge in [0.1, 0.15) is 6.04 Å². The number of urea groups is 1. The molecule has 3 atom stereocenters. The van der Waals surface area contributed by atoms with Gasteiger partial charge < -0.3 is 26.0 Å². The van der Waals surface area contributed by atoms with Crippen molar-refractivity contribution in [3.63, 3.8) is 0 Å². The summed E-state index contributed by atoms with van der Waals surface area (Å²) in [5.41, 5.74) is 5.57. The van der Waals surface area contributed by atoms with Crippen LogP contribution in [0.5, 0.6) is 0 Å². The number of nitrogens with zero attached hydrogens (tertiary/aromatic N) is 2. The molecule has 0 bridgehead atoms. The number of rotatable bonds is 6. The highest BCUT2D eigenvalue weighted by Crippen LogP contribution is 2.20. The molecule has 2 heterocycles. The molecule has 0 aromatic carbocycles. The molecule has 2 aliphatic rings. The van der Waals surface area contributed by atoms with Gasteiger partial charge in [-0.2, -0.15) is 13.1 Å². The largest absolute Gasteiger partial charge is 0.480 e. The minimum Gasteiger partial charge on any atom is -0.480 e. The summed E-state index contributed by atoms with van der Waals surface area (Å²) in [5, 5.41) is 12.2. The van der Waals surface area contributed by atoms with Crippen LogP contribution in [-0.2, 0) is 15.1 Å². The summed E-state index contributed by atoms with van der Waals surface area (Å²) in [5.74, 6) is -1.33. The summed E-state index contributed by atoms with van der Waals surface area (Å²) in [7, 11) is -4.55. The summed E-state index contributed by atoms with van der Waals surface area (Å²) in [4.78, 5) is 27.4. The lowest BCUT2D eigenvalue weighted by Gasteiger charge is -2.27. The minimum atomic E-state index is -4.55. The van der Waals surface area contributed by atoms with Crippen molar-refractivity contribution in [1.82, 2.24) is 19.8 Å². The van der Waals surface area contributed by atoms with Crippen LogP contribution >= 0.6 is 0 Å². The van der Waals surface area contributed by atoms with Crippen molar-refractivity contribution < 1.29 is 27.7 Å². The molecule has 0 aliphatic carbocycles. The number of hydrogen-bond acceptors (Lipinski definition) is 6. The third kappa shape index (κ3) is 5.77. The van der Waals surface area contributed by atoms with Crippen molar-refractivity contribution in [3.05, 3.63) is 0 Å². The van der Waals surface area contributed by atoms with Crippen molar-refractivity contribution >= 4 is 22.3 Å². The first-order valence-corrected chi connectivity index (χ1v) is 10.1. The van der Waals surface area contributed by atoms with Crippen LogP contribution in [-0.4, -0.2) is 90.7 Å². The lowest BCUT2D eigenvalue weighted by molar-refractivity contribution is -0.141. The first-order valence-electron chi connectivity index (χ1n) is 8.68. The molecule has 2 saturated heterocycles. The zero-order chi connectivity index (χ0) is 19.3. The van der Waals surface area contributed by atoms with Crippen LogP contribution in [0.25, 0.3) is 0 Å². The highest BCUT2D eigenvalue weighted by Gasteiger charge is 2.43. The second-order valence-corrected chi connectivity index (χ2v) is 7.86. The van der Waals surface area contributed by atoms with Crippen molar-refractivity contribution in [2.75, 3.05) is 32.7 Å². The molecule has 0 radical (unpaired) electrons. The van der Waals surface area contributed by atoms with E-state index in [1.165, 1.54) is 0 Å². The van der Waals surface area contributed by atoms with Crippen LogP contribution in [0.2, 0.25) is 0 Å². The van der Waals surface area contributed by atoms with Gasteiger partial charge >= 0.3 is 22.3 Å². The van der Waals surface area contributed by atoms with Crippen LogP contribution in [0.4, 0.5) is 4.79 Å². The lowest BCUT2D eigenvalue weighted by Crippen LogP contribution is -2.54. The third-order valence-corrected chi connectivity index (χ3v) is 5.41. The average molecular weight is 393 g/mol. The molecule has 0 spiro atoms. The van der Waals surface area contributed by atoms with E-state index in [1.807, 2.05) is 4.72 Å². The number of nitrogens with two attached hydrogens (primary N) is 1. The molecule has 0 aromatic rings. The summed E-state index contributed by atoms with van der Waals surface area (Å²) in [6.07, 6.45) is 2.54. The summed E-state index contributed by atoms with van der Waals surface area (Å²) < 4.78 is 32.8. The second-order valence-electron chi connectivity index (χ2n) is 6.67. The molecule has 0 aromatic heterocycles. The molecule has 2 aliphatic heterocycles. The van der Waals surface area contributed by atoms with Gasteiger partial charge in [-0.15, -0.1) is 0 Å². The van der Waals surface area contributed by atoms with Crippen molar-refractivity contribution in [1.29, 1.82) is 0 Å². The predicted octanol–water partition coefficient (Wildman–Crippen LogP) is -1.57. The van der Waals surface area contributed by atoms with E-state index < -0.39 is 34.4 Å². The fraction of sp³-hybridized carbons (Fsp3) is 0.857. The normalized spacial score (nSPS) is 27.9. The van der Waals surface area contributed by atoms with E-state index in [-0.39, 0.29) is 19.0 Å². The number of carbonyl (C=O) groups is 2. The first-order chi connectivity index (χ1) is 12.2. The Labute approximate surface area is 152 Å². The SMILES string of the molecule is NCCN1CCC[C@H](NC(=O)N2CC[C@@H](NS(=O)(=O)O)[C@H]2C(=O)O)CC1.